The Labute approximate surface area is 218 Å². The van der Waals surface area contributed by atoms with Crippen LogP contribution in [0.4, 0.5) is 17.5 Å². The maximum absolute atomic E-state index is 13.0. The molecule has 8 nitrogen and oxygen atoms in total. The smallest absolute Gasteiger partial charge is 0.309 e. The second-order valence-electron chi connectivity index (χ2n) is 9.82. The molecule has 0 radical (unpaired) electrons. The molecule has 1 fully saturated rings. The number of ether oxygens (including phenoxy) is 1. The summed E-state index contributed by atoms with van der Waals surface area (Å²) >= 11 is 0. The predicted octanol–water partition coefficient (Wildman–Crippen LogP) is 4.35. The van der Waals surface area contributed by atoms with E-state index in [2.05, 4.69) is 41.4 Å². The normalized spacial score (nSPS) is 17.2. The summed E-state index contributed by atoms with van der Waals surface area (Å²) in [5.74, 6) is 1.17. The summed E-state index contributed by atoms with van der Waals surface area (Å²) in [7, 11) is -2.12. The van der Waals surface area contributed by atoms with Crippen LogP contribution in [-0.4, -0.2) is 50.3 Å². The van der Waals surface area contributed by atoms with Gasteiger partial charge in [-0.1, -0.05) is 42.0 Å². The topological polar surface area (TPSA) is 101 Å². The number of aromatic nitrogens is 2. The second kappa shape index (κ2) is 10.5. The van der Waals surface area contributed by atoms with Gasteiger partial charge in [0.1, 0.15) is 4.90 Å². The summed E-state index contributed by atoms with van der Waals surface area (Å²) in [5.41, 5.74) is 4.73. The number of hydrogen-bond donors (Lipinski definition) is 1. The minimum Gasteiger partial charge on any atom is -0.469 e. The molecule has 2 aliphatic rings. The maximum Gasteiger partial charge on any atom is 0.309 e. The molecule has 0 bridgehead atoms. The van der Waals surface area contributed by atoms with E-state index in [0.717, 1.165) is 31.5 Å². The number of benzene rings is 2. The van der Waals surface area contributed by atoms with Crippen LogP contribution in [-0.2, 0) is 32.2 Å². The predicted molar refractivity (Wildman–Crippen MR) is 143 cm³/mol. The summed E-state index contributed by atoms with van der Waals surface area (Å²) in [4.78, 5) is 23.4. The number of carbonyl (C=O) groups is 1. The highest BCUT2D eigenvalue weighted by Crippen LogP contribution is 2.35. The van der Waals surface area contributed by atoms with Crippen molar-refractivity contribution in [3.8, 4) is 0 Å². The first-order valence-corrected chi connectivity index (χ1v) is 14.4. The number of nitrogens with zero attached hydrogens (tertiary/aromatic N) is 3. The van der Waals surface area contributed by atoms with Crippen molar-refractivity contribution in [3.63, 3.8) is 0 Å². The lowest BCUT2D eigenvalue weighted by Crippen LogP contribution is -2.35. The molecule has 3 heterocycles. The molecule has 0 spiro atoms. The van der Waals surface area contributed by atoms with Crippen LogP contribution in [0.2, 0.25) is 0 Å². The van der Waals surface area contributed by atoms with Crippen LogP contribution < -0.4 is 10.2 Å². The first-order valence-electron chi connectivity index (χ1n) is 12.7. The van der Waals surface area contributed by atoms with Crippen molar-refractivity contribution in [1.82, 2.24) is 9.97 Å². The molecule has 37 heavy (non-hydrogen) atoms. The largest absolute Gasteiger partial charge is 0.469 e. The quantitative estimate of drug-likeness (QED) is 0.479. The summed E-state index contributed by atoms with van der Waals surface area (Å²) in [6.07, 6.45) is 3.33. The van der Waals surface area contributed by atoms with Crippen molar-refractivity contribution in [1.29, 1.82) is 0 Å². The zero-order chi connectivity index (χ0) is 26.0. The first-order chi connectivity index (χ1) is 17.8. The van der Waals surface area contributed by atoms with Crippen LogP contribution in [0.15, 0.2) is 53.4 Å². The van der Waals surface area contributed by atoms with Gasteiger partial charge in [-0.2, -0.15) is 4.98 Å². The van der Waals surface area contributed by atoms with Gasteiger partial charge in [0.2, 0.25) is 5.95 Å². The Morgan fingerprint density at radius 3 is 2.57 bits per heavy atom. The van der Waals surface area contributed by atoms with Gasteiger partial charge in [0.25, 0.3) is 0 Å². The van der Waals surface area contributed by atoms with Gasteiger partial charge >= 0.3 is 5.97 Å². The van der Waals surface area contributed by atoms with Gasteiger partial charge in [0, 0.05) is 18.8 Å². The van der Waals surface area contributed by atoms with E-state index < -0.39 is 9.84 Å². The van der Waals surface area contributed by atoms with Gasteiger partial charge in [-0.15, -0.1) is 0 Å². The Morgan fingerprint density at radius 1 is 1.11 bits per heavy atom. The van der Waals surface area contributed by atoms with Crippen LogP contribution in [0.3, 0.4) is 0 Å². The number of methoxy groups -OCH3 is 1. The monoisotopic (exact) mass is 520 g/mol. The molecular formula is C28H32N4O4S. The first kappa shape index (κ1) is 25.2. The Bertz CT molecular complexity index is 1400. The molecule has 0 aliphatic carbocycles. The van der Waals surface area contributed by atoms with Crippen molar-refractivity contribution < 1.29 is 17.9 Å². The zero-order valence-corrected chi connectivity index (χ0v) is 22.1. The van der Waals surface area contributed by atoms with E-state index in [9.17, 15) is 13.2 Å². The Balaban J connectivity index is 1.40. The number of carbonyl (C=O) groups excluding carboxylic acids is 1. The van der Waals surface area contributed by atoms with Gasteiger partial charge in [-0.05, 0) is 61.8 Å². The third-order valence-corrected chi connectivity index (χ3v) is 9.02. The molecule has 9 heteroatoms. The van der Waals surface area contributed by atoms with E-state index in [0.29, 0.717) is 41.9 Å². The number of sulfone groups is 1. The second-order valence-corrected chi connectivity index (χ2v) is 11.9. The van der Waals surface area contributed by atoms with E-state index in [1.54, 1.807) is 0 Å². The number of aryl methyl sites for hydroxylation is 2. The number of nitrogens with one attached hydrogen (secondary N) is 1. The molecular weight excluding hydrogens is 488 g/mol. The number of anilines is 3. The van der Waals surface area contributed by atoms with Crippen molar-refractivity contribution >= 4 is 33.3 Å². The third kappa shape index (κ3) is 5.61. The average Bonchev–Trinajstić information content (AvgIpc) is 2.89. The van der Waals surface area contributed by atoms with Gasteiger partial charge in [-0.25, -0.2) is 13.4 Å². The van der Waals surface area contributed by atoms with Crippen LogP contribution in [0.1, 0.15) is 47.6 Å². The highest BCUT2D eigenvalue weighted by molar-refractivity contribution is 7.91. The number of piperidine rings is 1. The molecule has 0 atom stereocenters. The van der Waals surface area contributed by atoms with Gasteiger partial charge < -0.3 is 15.0 Å². The van der Waals surface area contributed by atoms with Gasteiger partial charge in [0.05, 0.1) is 25.0 Å². The van der Waals surface area contributed by atoms with E-state index >= 15 is 0 Å². The summed E-state index contributed by atoms with van der Waals surface area (Å²) in [5, 5.41) is 3.23. The summed E-state index contributed by atoms with van der Waals surface area (Å²) < 4.78 is 30.8. The molecule has 1 N–H and O–H groups in total. The molecule has 0 unspecified atom stereocenters. The van der Waals surface area contributed by atoms with E-state index in [1.165, 1.54) is 18.2 Å². The molecule has 0 saturated carbocycles. The van der Waals surface area contributed by atoms with Crippen LogP contribution in [0.25, 0.3) is 0 Å². The summed E-state index contributed by atoms with van der Waals surface area (Å²) in [6, 6.07) is 16.0. The lowest BCUT2D eigenvalue weighted by molar-refractivity contribution is -0.139. The molecule has 1 saturated heterocycles. The molecule has 1 aromatic heterocycles. The fourth-order valence-corrected chi connectivity index (χ4v) is 6.78. The van der Waals surface area contributed by atoms with Gasteiger partial charge in [-0.3, -0.25) is 4.79 Å². The lowest BCUT2D eigenvalue weighted by atomic mass is 9.89. The van der Waals surface area contributed by atoms with Crippen molar-refractivity contribution in [2.75, 3.05) is 36.2 Å². The Hall–Kier alpha value is -3.46. The summed E-state index contributed by atoms with van der Waals surface area (Å²) in [6.45, 7) is 3.74. The molecule has 2 aliphatic heterocycles. The molecule has 2 aromatic carbocycles. The SMILES string of the molecule is COC(=O)Cc1ccc(Nc2nc(N3CCC(c4cccc(C)c4)CC3)nc3c2S(=O)(=O)CCC3)cc1. The minimum absolute atomic E-state index is 0.0946. The Morgan fingerprint density at radius 2 is 1.86 bits per heavy atom. The molecule has 0 amide bonds. The highest BCUT2D eigenvalue weighted by atomic mass is 32.2. The van der Waals surface area contributed by atoms with E-state index in [-0.39, 0.29) is 23.0 Å². The van der Waals surface area contributed by atoms with Crippen LogP contribution >= 0.6 is 0 Å². The van der Waals surface area contributed by atoms with Crippen LogP contribution in [0, 0.1) is 6.92 Å². The maximum atomic E-state index is 13.0. The standard InChI is InChI=1S/C28H32N4O4S/c1-19-5-3-6-22(17-19)21-12-14-32(15-13-21)28-30-24-7-4-16-37(34,35)26(24)27(31-28)29-23-10-8-20(9-11-23)18-25(33)36-2/h3,5-6,8-11,17,21H,4,7,12-16,18H2,1-2H3,(H,29,30,31). The number of fused-ring (bicyclic) bond motifs is 1. The third-order valence-electron chi connectivity index (χ3n) is 7.15. The van der Waals surface area contributed by atoms with Crippen molar-refractivity contribution in [3.05, 3.63) is 70.9 Å². The van der Waals surface area contributed by atoms with Crippen molar-refractivity contribution in [2.45, 2.75) is 49.8 Å². The number of esters is 1. The fraction of sp³-hybridized carbons (Fsp3) is 0.393. The van der Waals surface area contributed by atoms with Crippen molar-refractivity contribution in [2.24, 2.45) is 0 Å². The number of rotatable bonds is 6. The van der Waals surface area contributed by atoms with Gasteiger partial charge in [0.15, 0.2) is 15.7 Å². The minimum atomic E-state index is -3.48. The van der Waals surface area contributed by atoms with Crippen LogP contribution in [0.5, 0.6) is 0 Å². The highest BCUT2D eigenvalue weighted by Gasteiger charge is 2.32. The lowest BCUT2D eigenvalue weighted by Gasteiger charge is -2.33. The Kier molecular flexibility index (Phi) is 7.15. The van der Waals surface area contributed by atoms with E-state index in [1.807, 2.05) is 24.3 Å². The molecule has 194 valence electrons. The fourth-order valence-electron chi connectivity index (χ4n) is 5.16. The number of hydrogen-bond acceptors (Lipinski definition) is 8. The molecule has 3 aromatic rings. The molecule has 5 rings (SSSR count). The zero-order valence-electron chi connectivity index (χ0n) is 21.2. The van der Waals surface area contributed by atoms with E-state index in [4.69, 9.17) is 14.7 Å². The average molecular weight is 521 g/mol.